The monoisotopic (exact) mass is 238 g/mol. The molecule has 92 valence electrons. The van der Waals surface area contributed by atoms with E-state index in [1.165, 1.54) is 6.33 Å². The van der Waals surface area contributed by atoms with Gasteiger partial charge in [0.15, 0.2) is 11.5 Å². The van der Waals surface area contributed by atoms with Crippen LogP contribution >= 0.6 is 0 Å². The molecule has 8 nitrogen and oxygen atoms in total. The Morgan fingerprint density at radius 1 is 1.12 bits per heavy atom. The molecule has 0 atom stereocenters. The Bertz CT molecular complexity index is 485. The highest BCUT2D eigenvalue weighted by Gasteiger charge is 2.08. The minimum absolute atomic E-state index is 0.00135. The van der Waals surface area contributed by atoms with Crippen molar-refractivity contribution in [3.05, 3.63) is 6.33 Å². The summed E-state index contributed by atoms with van der Waals surface area (Å²) >= 11 is 0. The number of hydrogen-bond acceptors (Lipinski definition) is 7. The molecule has 0 unspecified atom stereocenters. The van der Waals surface area contributed by atoms with Crippen molar-refractivity contribution in [2.75, 3.05) is 36.9 Å². The van der Waals surface area contributed by atoms with E-state index < -0.39 is 0 Å². The molecule has 0 radical (unpaired) electrons. The van der Waals surface area contributed by atoms with Gasteiger partial charge in [-0.25, -0.2) is 4.98 Å². The van der Waals surface area contributed by atoms with Gasteiger partial charge in [-0.05, 0) is 0 Å². The summed E-state index contributed by atoms with van der Waals surface area (Å²) in [6, 6.07) is 0. The number of hydrogen-bond donors (Lipinski definition) is 5. The summed E-state index contributed by atoms with van der Waals surface area (Å²) in [5, 5.41) is 23.3. The van der Waals surface area contributed by atoms with E-state index in [9.17, 15) is 0 Å². The van der Waals surface area contributed by atoms with Crippen LogP contribution in [0.25, 0.3) is 11.2 Å². The minimum Gasteiger partial charge on any atom is -0.395 e. The highest BCUT2D eigenvalue weighted by atomic mass is 16.3. The third-order valence-electron chi connectivity index (χ3n) is 2.08. The average Bonchev–Trinajstić information content (AvgIpc) is 2.81. The van der Waals surface area contributed by atoms with Crippen LogP contribution < -0.4 is 10.6 Å². The molecular formula is C9H14N6O2. The molecule has 0 aliphatic rings. The Balaban J connectivity index is 2.29. The zero-order valence-electron chi connectivity index (χ0n) is 9.14. The van der Waals surface area contributed by atoms with E-state index in [2.05, 4.69) is 30.6 Å². The van der Waals surface area contributed by atoms with Crippen LogP contribution in [-0.4, -0.2) is 56.5 Å². The van der Waals surface area contributed by atoms with Crippen molar-refractivity contribution in [2.24, 2.45) is 0 Å². The molecule has 2 rings (SSSR count). The normalized spacial score (nSPS) is 10.7. The lowest BCUT2D eigenvalue weighted by Crippen LogP contribution is -2.12. The molecule has 2 aromatic heterocycles. The summed E-state index contributed by atoms with van der Waals surface area (Å²) in [7, 11) is 0. The van der Waals surface area contributed by atoms with Crippen LogP contribution in [0.4, 0.5) is 11.8 Å². The van der Waals surface area contributed by atoms with Crippen LogP contribution in [0.3, 0.4) is 0 Å². The van der Waals surface area contributed by atoms with E-state index in [0.717, 1.165) is 0 Å². The fourth-order valence-electron chi connectivity index (χ4n) is 1.38. The van der Waals surface area contributed by atoms with Crippen LogP contribution in [0.1, 0.15) is 0 Å². The molecule has 2 heterocycles. The summed E-state index contributed by atoms with van der Waals surface area (Å²) < 4.78 is 0. The topological polar surface area (TPSA) is 119 Å². The number of aliphatic hydroxyl groups is 2. The van der Waals surface area contributed by atoms with Crippen LogP contribution in [0.5, 0.6) is 0 Å². The zero-order valence-corrected chi connectivity index (χ0v) is 9.14. The van der Waals surface area contributed by atoms with E-state index in [0.29, 0.717) is 36.0 Å². The first-order valence-electron chi connectivity index (χ1n) is 5.25. The lowest BCUT2D eigenvalue weighted by atomic mass is 10.4. The quantitative estimate of drug-likeness (QED) is 0.445. The molecular weight excluding hydrogens is 224 g/mol. The van der Waals surface area contributed by atoms with Crippen molar-refractivity contribution in [2.45, 2.75) is 0 Å². The van der Waals surface area contributed by atoms with Gasteiger partial charge < -0.3 is 25.8 Å². The standard InChI is InChI=1S/C9H14N6O2/c16-3-1-10-7-6-8(13-5-12-6)15-9(14-7)11-2-4-17/h5,16-17H,1-4H2,(H3,10,11,12,13,14,15). The van der Waals surface area contributed by atoms with Gasteiger partial charge in [-0.1, -0.05) is 0 Å². The predicted molar refractivity (Wildman–Crippen MR) is 62.8 cm³/mol. The van der Waals surface area contributed by atoms with Crippen molar-refractivity contribution in [3.8, 4) is 0 Å². The molecule has 0 saturated carbocycles. The van der Waals surface area contributed by atoms with Crippen LogP contribution in [0.2, 0.25) is 0 Å². The largest absolute Gasteiger partial charge is 0.395 e. The van der Waals surface area contributed by atoms with Gasteiger partial charge in [0.1, 0.15) is 5.52 Å². The van der Waals surface area contributed by atoms with Gasteiger partial charge in [0.2, 0.25) is 5.95 Å². The first kappa shape index (κ1) is 11.6. The maximum absolute atomic E-state index is 8.78. The molecule has 0 aliphatic heterocycles. The number of H-pyrrole nitrogens is 1. The van der Waals surface area contributed by atoms with Crippen LogP contribution in [0.15, 0.2) is 6.33 Å². The molecule has 2 aromatic rings. The van der Waals surface area contributed by atoms with Gasteiger partial charge in [0, 0.05) is 13.1 Å². The van der Waals surface area contributed by atoms with Crippen molar-refractivity contribution in [1.29, 1.82) is 0 Å². The van der Waals surface area contributed by atoms with Gasteiger partial charge in [-0.15, -0.1) is 0 Å². The van der Waals surface area contributed by atoms with Crippen molar-refractivity contribution >= 4 is 22.9 Å². The number of aromatic amines is 1. The molecule has 0 saturated heterocycles. The van der Waals surface area contributed by atoms with Gasteiger partial charge in [-0.3, -0.25) is 0 Å². The van der Waals surface area contributed by atoms with E-state index in [4.69, 9.17) is 10.2 Å². The molecule has 0 spiro atoms. The SMILES string of the molecule is OCCNc1nc(NCCO)c2[nH]cnc2n1. The van der Waals surface area contributed by atoms with Gasteiger partial charge in [0.05, 0.1) is 19.5 Å². The van der Waals surface area contributed by atoms with Gasteiger partial charge >= 0.3 is 0 Å². The Morgan fingerprint density at radius 2 is 1.88 bits per heavy atom. The fourth-order valence-corrected chi connectivity index (χ4v) is 1.38. The molecule has 0 aromatic carbocycles. The van der Waals surface area contributed by atoms with E-state index in [1.807, 2.05) is 0 Å². The zero-order chi connectivity index (χ0) is 12.1. The van der Waals surface area contributed by atoms with Gasteiger partial charge in [0.25, 0.3) is 0 Å². The number of rotatable bonds is 6. The summed E-state index contributed by atoms with van der Waals surface area (Å²) in [6.07, 6.45) is 1.53. The molecule has 0 bridgehead atoms. The van der Waals surface area contributed by atoms with E-state index in [1.54, 1.807) is 0 Å². The highest BCUT2D eigenvalue weighted by Crippen LogP contribution is 2.17. The number of aliphatic hydroxyl groups excluding tert-OH is 2. The second-order valence-corrected chi connectivity index (χ2v) is 3.30. The van der Waals surface area contributed by atoms with Crippen LogP contribution in [0, 0.1) is 0 Å². The predicted octanol–water partition coefficient (Wildman–Crippen LogP) is -0.839. The van der Waals surface area contributed by atoms with Crippen molar-refractivity contribution in [1.82, 2.24) is 19.9 Å². The lowest BCUT2D eigenvalue weighted by Gasteiger charge is -2.07. The first-order chi connectivity index (χ1) is 8.35. The molecule has 0 fully saturated rings. The van der Waals surface area contributed by atoms with Crippen molar-refractivity contribution in [3.63, 3.8) is 0 Å². The van der Waals surface area contributed by atoms with Crippen molar-refractivity contribution < 1.29 is 10.2 Å². The summed E-state index contributed by atoms with van der Waals surface area (Å²) in [6.45, 7) is 0.778. The summed E-state index contributed by atoms with van der Waals surface area (Å²) in [5.74, 6) is 0.959. The molecule has 0 aliphatic carbocycles. The first-order valence-corrected chi connectivity index (χ1v) is 5.25. The minimum atomic E-state index is 0.00135. The maximum atomic E-state index is 8.78. The maximum Gasteiger partial charge on any atom is 0.226 e. The molecule has 5 N–H and O–H groups in total. The fraction of sp³-hybridized carbons (Fsp3) is 0.444. The van der Waals surface area contributed by atoms with Crippen LogP contribution in [-0.2, 0) is 0 Å². The molecule has 17 heavy (non-hydrogen) atoms. The lowest BCUT2D eigenvalue weighted by molar-refractivity contribution is 0.311. The van der Waals surface area contributed by atoms with Gasteiger partial charge in [-0.2, -0.15) is 9.97 Å². The Morgan fingerprint density at radius 3 is 2.65 bits per heavy atom. The van der Waals surface area contributed by atoms with E-state index >= 15 is 0 Å². The molecule has 8 heteroatoms. The Kier molecular flexibility index (Phi) is 3.68. The number of nitrogens with one attached hydrogen (secondary N) is 3. The second kappa shape index (κ2) is 5.41. The Hall–Kier alpha value is -1.93. The second-order valence-electron chi connectivity index (χ2n) is 3.30. The smallest absolute Gasteiger partial charge is 0.226 e. The third kappa shape index (κ3) is 2.60. The third-order valence-corrected chi connectivity index (χ3v) is 2.08. The summed E-state index contributed by atoms with van der Waals surface area (Å²) in [4.78, 5) is 15.4. The number of anilines is 2. The average molecular weight is 238 g/mol. The number of nitrogens with zero attached hydrogens (tertiary/aromatic N) is 3. The highest BCUT2D eigenvalue weighted by molar-refractivity contribution is 5.83. The Labute approximate surface area is 97.1 Å². The molecule has 0 amide bonds. The van der Waals surface area contributed by atoms with E-state index in [-0.39, 0.29) is 13.2 Å². The number of imidazole rings is 1. The number of aromatic nitrogens is 4. The summed E-state index contributed by atoms with van der Waals surface area (Å²) in [5.41, 5.74) is 1.22. The number of fused-ring (bicyclic) bond motifs is 1.